The van der Waals surface area contributed by atoms with E-state index in [9.17, 15) is 9.59 Å². The van der Waals surface area contributed by atoms with Gasteiger partial charge in [-0.25, -0.2) is 14.8 Å². The van der Waals surface area contributed by atoms with Crippen LogP contribution in [0.25, 0.3) is 0 Å². The van der Waals surface area contributed by atoms with Crippen molar-refractivity contribution in [2.45, 2.75) is 0 Å². The summed E-state index contributed by atoms with van der Waals surface area (Å²) in [4.78, 5) is 42.9. The average molecular weight is 389 g/mol. The maximum Gasteiger partial charge on any atom is 0.410 e. The number of amides is 2. The molecule has 3 fully saturated rings. The fourth-order valence-electron chi connectivity index (χ4n) is 3.74. The zero-order valence-corrected chi connectivity index (χ0v) is 16.3. The molecule has 0 bridgehead atoms. The van der Waals surface area contributed by atoms with E-state index >= 15 is 0 Å². The van der Waals surface area contributed by atoms with E-state index in [1.807, 2.05) is 11.0 Å². The first kappa shape index (κ1) is 18.7. The standard InChI is InChI=1S/C18H27N7O3/c1-21-2-4-22(5-3-21)15-12-16(20-14-19-15)23-6-8-24(9-7-23)17(26)13-25-10-11-28-18(25)27/h12,14H,2-11,13H2,1H3. The second-order valence-electron chi connectivity index (χ2n) is 7.43. The SMILES string of the molecule is CN1CCN(c2cc(N3CCN(C(=O)CN4CCOC4=O)CC3)ncn2)CC1. The Morgan fingerprint density at radius 2 is 1.57 bits per heavy atom. The third-order valence-electron chi connectivity index (χ3n) is 5.59. The van der Waals surface area contributed by atoms with Crippen LogP contribution in [0.1, 0.15) is 0 Å². The van der Waals surface area contributed by atoms with Crippen molar-refractivity contribution in [1.82, 2.24) is 24.7 Å². The second kappa shape index (κ2) is 8.17. The summed E-state index contributed by atoms with van der Waals surface area (Å²) in [6.07, 6.45) is 1.23. The Morgan fingerprint density at radius 3 is 2.14 bits per heavy atom. The molecule has 0 aromatic carbocycles. The third-order valence-corrected chi connectivity index (χ3v) is 5.59. The number of nitrogens with zero attached hydrogens (tertiary/aromatic N) is 7. The van der Waals surface area contributed by atoms with Crippen molar-refractivity contribution in [3.8, 4) is 0 Å². The van der Waals surface area contributed by atoms with Gasteiger partial charge in [0.15, 0.2) is 0 Å². The number of piperazine rings is 2. The predicted octanol–water partition coefficient (Wildman–Crippen LogP) is -0.671. The number of anilines is 2. The largest absolute Gasteiger partial charge is 0.448 e. The summed E-state index contributed by atoms with van der Waals surface area (Å²) in [5.74, 6) is 1.84. The Bertz CT molecular complexity index is 715. The lowest BCUT2D eigenvalue weighted by atomic mass is 10.3. The molecule has 0 radical (unpaired) electrons. The summed E-state index contributed by atoms with van der Waals surface area (Å²) in [6.45, 7) is 7.62. The minimum atomic E-state index is -0.399. The summed E-state index contributed by atoms with van der Waals surface area (Å²) in [7, 11) is 2.14. The van der Waals surface area contributed by atoms with Crippen molar-refractivity contribution in [3.05, 3.63) is 12.4 Å². The van der Waals surface area contributed by atoms with Gasteiger partial charge in [0.05, 0.1) is 6.54 Å². The molecule has 28 heavy (non-hydrogen) atoms. The fourth-order valence-corrected chi connectivity index (χ4v) is 3.74. The first-order valence-corrected chi connectivity index (χ1v) is 9.80. The third kappa shape index (κ3) is 4.11. The smallest absolute Gasteiger partial charge is 0.410 e. The zero-order chi connectivity index (χ0) is 19.5. The molecule has 0 saturated carbocycles. The van der Waals surface area contributed by atoms with Gasteiger partial charge in [-0.05, 0) is 7.05 Å². The fraction of sp³-hybridized carbons (Fsp3) is 0.667. The average Bonchev–Trinajstić information content (AvgIpc) is 3.13. The monoisotopic (exact) mass is 389 g/mol. The molecule has 3 aliphatic heterocycles. The maximum atomic E-state index is 12.5. The van der Waals surface area contributed by atoms with E-state index in [4.69, 9.17) is 4.74 Å². The summed E-state index contributed by atoms with van der Waals surface area (Å²) < 4.78 is 4.88. The van der Waals surface area contributed by atoms with Crippen LogP contribution < -0.4 is 9.80 Å². The van der Waals surface area contributed by atoms with Gasteiger partial charge >= 0.3 is 6.09 Å². The Hall–Kier alpha value is -2.62. The molecule has 0 unspecified atom stereocenters. The molecule has 0 aliphatic carbocycles. The van der Waals surface area contributed by atoms with Gasteiger partial charge in [-0.1, -0.05) is 0 Å². The molecule has 10 nitrogen and oxygen atoms in total. The van der Waals surface area contributed by atoms with Crippen LogP contribution in [0.2, 0.25) is 0 Å². The van der Waals surface area contributed by atoms with Gasteiger partial charge in [-0.3, -0.25) is 9.69 Å². The number of aromatic nitrogens is 2. The highest BCUT2D eigenvalue weighted by molar-refractivity contribution is 5.83. The molecule has 4 heterocycles. The molecular weight excluding hydrogens is 362 g/mol. The van der Waals surface area contributed by atoms with Gasteiger partial charge in [-0.15, -0.1) is 0 Å². The van der Waals surface area contributed by atoms with Gasteiger partial charge in [0.1, 0.15) is 31.1 Å². The Kier molecular flexibility index (Phi) is 5.47. The van der Waals surface area contributed by atoms with E-state index < -0.39 is 6.09 Å². The molecule has 0 spiro atoms. The van der Waals surface area contributed by atoms with E-state index in [0.29, 0.717) is 26.2 Å². The highest BCUT2D eigenvalue weighted by Crippen LogP contribution is 2.20. The minimum absolute atomic E-state index is 0.0284. The van der Waals surface area contributed by atoms with Crippen LogP contribution in [0.15, 0.2) is 12.4 Å². The maximum absolute atomic E-state index is 12.5. The van der Waals surface area contributed by atoms with Gasteiger partial charge in [0, 0.05) is 58.4 Å². The van der Waals surface area contributed by atoms with Gasteiger partial charge in [0.25, 0.3) is 0 Å². The number of hydrogen-bond acceptors (Lipinski definition) is 8. The number of ether oxygens (including phenoxy) is 1. The summed E-state index contributed by atoms with van der Waals surface area (Å²) in [5.41, 5.74) is 0. The van der Waals surface area contributed by atoms with Crippen molar-refractivity contribution < 1.29 is 14.3 Å². The lowest BCUT2D eigenvalue weighted by molar-refractivity contribution is -0.132. The molecule has 2 amide bonds. The summed E-state index contributed by atoms with van der Waals surface area (Å²) >= 11 is 0. The van der Waals surface area contributed by atoms with Gasteiger partial charge < -0.3 is 24.3 Å². The molecular formula is C18H27N7O3. The molecule has 10 heteroatoms. The Labute approximate surface area is 164 Å². The molecule has 4 rings (SSSR count). The van der Waals surface area contributed by atoms with Crippen molar-refractivity contribution >= 4 is 23.6 Å². The second-order valence-corrected chi connectivity index (χ2v) is 7.43. The van der Waals surface area contributed by atoms with Crippen LogP contribution in [0.4, 0.5) is 16.4 Å². The summed E-state index contributed by atoms with van der Waals surface area (Å²) in [5, 5.41) is 0. The van der Waals surface area contributed by atoms with Crippen LogP contribution in [-0.4, -0.2) is 116 Å². The van der Waals surface area contributed by atoms with Crippen LogP contribution >= 0.6 is 0 Å². The lowest BCUT2D eigenvalue weighted by Crippen LogP contribution is -2.51. The molecule has 152 valence electrons. The van der Waals surface area contributed by atoms with Crippen LogP contribution in [0, 0.1) is 0 Å². The molecule has 1 aromatic rings. The topological polar surface area (TPSA) is 85.4 Å². The van der Waals surface area contributed by atoms with Crippen molar-refractivity contribution in [3.63, 3.8) is 0 Å². The number of cyclic esters (lactones) is 1. The van der Waals surface area contributed by atoms with Crippen molar-refractivity contribution in [1.29, 1.82) is 0 Å². The zero-order valence-electron chi connectivity index (χ0n) is 16.3. The molecule has 1 aromatic heterocycles. The minimum Gasteiger partial charge on any atom is -0.448 e. The quantitative estimate of drug-likeness (QED) is 0.670. The van der Waals surface area contributed by atoms with Crippen LogP contribution in [-0.2, 0) is 9.53 Å². The first-order chi connectivity index (χ1) is 13.6. The highest BCUT2D eigenvalue weighted by Gasteiger charge is 2.28. The van der Waals surface area contributed by atoms with Crippen molar-refractivity contribution in [2.24, 2.45) is 0 Å². The number of hydrogen-bond donors (Lipinski definition) is 0. The lowest BCUT2D eigenvalue weighted by Gasteiger charge is -2.37. The van der Waals surface area contributed by atoms with Crippen LogP contribution in [0.3, 0.4) is 0 Å². The Balaban J connectivity index is 1.31. The van der Waals surface area contributed by atoms with Gasteiger partial charge in [-0.2, -0.15) is 0 Å². The van der Waals surface area contributed by atoms with Crippen LogP contribution in [0.5, 0.6) is 0 Å². The van der Waals surface area contributed by atoms with Crippen molar-refractivity contribution in [2.75, 3.05) is 88.9 Å². The molecule has 3 aliphatic rings. The highest BCUT2D eigenvalue weighted by atomic mass is 16.6. The number of carbonyl (C=O) groups is 2. The predicted molar refractivity (Wildman–Crippen MR) is 103 cm³/mol. The normalized spacial score (nSPS) is 21.2. The van der Waals surface area contributed by atoms with E-state index in [2.05, 4.69) is 31.7 Å². The molecule has 0 atom stereocenters. The van der Waals surface area contributed by atoms with E-state index in [1.54, 1.807) is 6.33 Å². The number of likely N-dealkylation sites (N-methyl/N-ethyl adjacent to an activating group) is 1. The van der Waals surface area contributed by atoms with Gasteiger partial charge in [0.2, 0.25) is 5.91 Å². The first-order valence-electron chi connectivity index (χ1n) is 9.80. The van der Waals surface area contributed by atoms with E-state index in [0.717, 1.165) is 50.9 Å². The Morgan fingerprint density at radius 1 is 0.964 bits per heavy atom. The molecule has 0 N–H and O–H groups in total. The number of rotatable bonds is 4. The van der Waals surface area contributed by atoms with E-state index in [-0.39, 0.29) is 12.5 Å². The molecule has 3 saturated heterocycles. The summed E-state index contributed by atoms with van der Waals surface area (Å²) in [6, 6.07) is 2.04. The number of carbonyl (C=O) groups excluding carboxylic acids is 2. The van der Waals surface area contributed by atoms with E-state index in [1.165, 1.54) is 4.90 Å².